The third kappa shape index (κ3) is 4.20. The molecule has 0 aromatic carbocycles. The summed E-state index contributed by atoms with van der Waals surface area (Å²) in [6, 6.07) is 0.408. The molecular formula is C12H24N2O. The maximum absolute atomic E-state index is 11.8. The standard InChI is InChI=1S/C12H24N2O/c1-5-14(4)12(15)10(3)13-9(2)8-11-6-7-11/h9-11,13H,5-8H2,1-4H3. The monoisotopic (exact) mass is 212 g/mol. The Labute approximate surface area is 93.2 Å². The van der Waals surface area contributed by atoms with E-state index in [2.05, 4.69) is 12.2 Å². The summed E-state index contributed by atoms with van der Waals surface area (Å²) in [5, 5.41) is 3.37. The minimum Gasteiger partial charge on any atom is -0.345 e. The Balaban J connectivity index is 2.26. The normalized spacial score (nSPS) is 19.7. The SMILES string of the molecule is CCN(C)C(=O)C(C)NC(C)CC1CC1. The molecule has 1 amide bonds. The molecule has 0 saturated heterocycles. The third-order valence-corrected chi connectivity index (χ3v) is 3.14. The zero-order chi connectivity index (χ0) is 11.4. The van der Waals surface area contributed by atoms with Gasteiger partial charge in [0.2, 0.25) is 5.91 Å². The fourth-order valence-corrected chi connectivity index (χ4v) is 1.91. The summed E-state index contributed by atoms with van der Waals surface area (Å²) >= 11 is 0. The lowest BCUT2D eigenvalue weighted by molar-refractivity contribution is -0.131. The van der Waals surface area contributed by atoms with Crippen LogP contribution >= 0.6 is 0 Å². The molecule has 0 radical (unpaired) electrons. The maximum Gasteiger partial charge on any atom is 0.239 e. The van der Waals surface area contributed by atoms with Gasteiger partial charge in [-0.2, -0.15) is 0 Å². The van der Waals surface area contributed by atoms with Gasteiger partial charge in [-0.3, -0.25) is 4.79 Å². The second-order valence-corrected chi connectivity index (χ2v) is 4.82. The highest BCUT2D eigenvalue weighted by atomic mass is 16.2. The van der Waals surface area contributed by atoms with E-state index >= 15 is 0 Å². The van der Waals surface area contributed by atoms with E-state index in [-0.39, 0.29) is 11.9 Å². The van der Waals surface area contributed by atoms with E-state index in [1.807, 2.05) is 20.9 Å². The number of hydrogen-bond donors (Lipinski definition) is 1. The van der Waals surface area contributed by atoms with Crippen LogP contribution in [0.4, 0.5) is 0 Å². The van der Waals surface area contributed by atoms with Gasteiger partial charge < -0.3 is 10.2 Å². The van der Waals surface area contributed by atoms with Crippen LogP contribution in [0.5, 0.6) is 0 Å². The minimum absolute atomic E-state index is 0.0521. The number of amides is 1. The molecule has 3 heteroatoms. The molecule has 3 nitrogen and oxygen atoms in total. The highest BCUT2D eigenvalue weighted by Gasteiger charge is 2.25. The fraction of sp³-hybridized carbons (Fsp3) is 0.917. The van der Waals surface area contributed by atoms with Gasteiger partial charge in [0.15, 0.2) is 0 Å². The molecular weight excluding hydrogens is 188 g/mol. The van der Waals surface area contributed by atoms with Crippen molar-refractivity contribution in [3.8, 4) is 0 Å². The Bertz CT molecular complexity index is 214. The first-order valence-corrected chi connectivity index (χ1v) is 6.05. The smallest absolute Gasteiger partial charge is 0.239 e. The number of likely N-dealkylation sites (N-methyl/N-ethyl adjacent to an activating group) is 1. The van der Waals surface area contributed by atoms with Gasteiger partial charge >= 0.3 is 0 Å². The molecule has 0 heterocycles. The predicted octanol–water partition coefficient (Wildman–Crippen LogP) is 1.63. The fourth-order valence-electron chi connectivity index (χ4n) is 1.91. The van der Waals surface area contributed by atoms with Crippen molar-refractivity contribution in [1.29, 1.82) is 0 Å². The Morgan fingerprint density at radius 2 is 2.07 bits per heavy atom. The highest BCUT2D eigenvalue weighted by molar-refractivity contribution is 5.81. The van der Waals surface area contributed by atoms with Crippen LogP contribution in [-0.4, -0.2) is 36.5 Å². The summed E-state index contributed by atoms with van der Waals surface area (Å²) in [6.07, 6.45) is 3.97. The predicted molar refractivity (Wildman–Crippen MR) is 62.7 cm³/mol. The van der Waals surface area contributed by atoms with Crippen molar-refractivity contribution >= 4 is 5.91 Å². The molecule has 2 atom stereocenters. The zero-order valence-corrected chi connectivity index (χ0v) is 10.4. The maximum atomic E-state index is 11.8. The average molecular weight is 212 g/mol. The first-order valence-electron chi connectivity index (χ1n) is 6.05. The number of hydrogen-bond acceptors (Lipinski definition) is 2. The largest absolute Gasteiger partial charge is 0.345 e. The van der Waals surface area contributed by atoms with Crippen LogP contribution in [0.25, 0.3) is 0 Å². The molecule has 0 bridgehead atoms. The van der Waals surface area contributed by atoms with Crippen molar-refractivity contribution < 1.29 is 4.79 Å². The molecule has 2 unspecified atom stereocenters. The molecule has 1 rings (SSSR count). The number of rotatable bonds is 6. The quantitative estimate of drug-likeness (QED) is 0.726. The number of carbonyl (C=O) groups excluding carboxylic acids is 1. The van der Waals surface area contributed by atoms with Crippen molar-refractivity contribution in [2.45, 2.75) is 52.1 Å². The van der Waals surface area contributed by atoms with Gasteiger partial charge in [0.1, 0.15) is 0 Å². The summed E-state index contributed by atoms with van der Waals surface area (Å²) in [6.45, 7) is 6.91. The van der Waals surface area contributed by atoms with E-state index < -0.39 is 0 Å². The van der Waals surface area contributed by atoms with Crippen LogP contribution in [0.15, 0.2) is 0 Å². The Morgan fingerprint density at radius 3 is 2.53 bits per heavy atom. The molecule has 1 saturated carbocycles. The highest BCUT2D eigenvalue weighted by Crippen LogP contribution is 2.33. The van der Waals surface area contributed by atoms with Gasteiger partial charge in [0, 0.05) is 19.6 Å². The van der Waals surface area contributed by atoms with Crippen LogP contribution < -0.4 is 5.32 Å². The van der Waals surface area contributed by atoms with Crippen LogP contribution in [0.3, 0.4) is 0 Å². The molecule has 0 spiro atoms. The Kier molecular flexibility index (Phi) is 4.58. The lowest BCUT2D eigenvalue weighted by atomic mass is 10.1. The molecule has 0 aromatic heterocycles. The summed E-state index contributed by atoms with van der Waals surface area (Å²) in [7, 11) is 1.85. The van der Waals surface area contributed by atoms with E-state index in [9.17, 15) is 4.79 Å². The number of nitrogens with one attached hydrogen (secondary N) is 1. The van der Waals surface area contributed by atoms with Crippen molar-refractivity contribution in [2.24, 2.45) is 5.92 Å². The molecule has 1 aliphatic rings. The first-order chi connectivity index (χ1) is 7.04. The summed E-state index contributed by atoms with van der Waals surface area (Å²) in [5.41, 5.74) is 0. The number of carbonyl (C=O) groups is 1. The Hall–Kier alpha value is -0.570. The molecule has 15 heavy (non-hydrogen) atoms. The topological polar surface area (TPSA) is 32.3 Å². The lowest BCUT2D eigenvalue weighted by Crippen LogP contribution is -2.46. The van der Waals surface area contributed by atoms with E-state index in [1.54, 1.807) is 4.90 Å². The summed E-state index contributed by atoms with van der Waals surface area (Å²) in [4.78, 5) is 13.5. The van der Waals surface area contributed by atoms with Gasteiger partial charge in [-0.25, -0.2) is 0 Å². The van der Waals surface area contributed by atoms with Gasteiger partial charge in [-0.1, -0.05) is 12.8 Å². The molecule has 1 N–H and O–H groups in total. The van der Waals surface area contributed by atoms with Crippen molar-refractivity contribution in [3.63, 3.8) is 0 Å². The number of nitrogens with zero attached hydrogens (tertiary/aromatic N) is 1. The van der Waals surface area contributed by atoms with Crippen LogP contribution in [-0.2, 0) is 4.79 Å². The van der Waals surface area contributed by atoms with Crippen molar-refractivity contribution in [2.75, 3.05) is 13.6 Å². The van der Waals surface area contributed by atoms with Gasteiger partial charge in [0.05, 0.1) is 6.04 Å². The summed E-state index contributed by atoms with van der Waals surface area (Å²) < 4.78 is 0. The van der Waals surface area contributed by atoms with E-state index in [0.717, 1.165) is 12.5 Å². The molecule has 88 valence electrons. The summed E-state index contributed by atoms with van der Waals surface area (Å²) in [5.74, 6) is 1.11. The third-order valence-electron chi connectivity index (χ3n) is 3.14. The van der Waals surface area contributed by atoms with E-state index in [0.29, 0.717) is 6.04 Å². The minimum atomic E-state index is -0.0521. The second-order valence-electron chi connectivity index (χ2n) is 4.82. The van der Waals surface area contributed by atoms with E-state index in [4.69, 9.17) is 0 Å². The lowest BCUT2D eigenvalue weighted by Gasteiger charge is -2.23. The van der Waals surface area contributed by atoms with E-state index in [1.165, 1.54) is 19.3 Å². The van der Waals surface area contributed by atoms with Gasteiger partial charge in [-0.05, 0) is 33.1 Å². The Morgan fingerprint density at radius 1 is 1.47 bits per heavy atom. The molecule has 1 fully saturated rings. The van der Waals surface area contributed by atoms with Crippen LogP contribution in [0.1, 0.15) is 40.0 Å². The van der Waals surface area contributed by atoms with Crippen LogP contribution in [0, 0.1) is 5.92 Å². The molecule has 0 aliphatic heterocycles. The second kappa shape index (κ2) is 5.50. The molecule has 1 aliphatic carbocycles. The first kappa shape index (κ1) is 12.5. The molecule has 0 aromatic rings. The van der Waals surface area contributed by atoms with Gasteiger partial charge in [-0.15, -0.1) is 0 Å². The van der Waals surface area contributed by atoms with Crippen LogP contribution in [0.2, 0.25) is 0 Å². The average Bonchev–Trinajstić information content (AvgIpc) is 2.98. The van der Waals surface area contributed by atoms with Crippen molar-refractivity contribution in [1.82, 2.24) is 10.2 Å². The van der Waals surface area contributed by atoms with Crippen molar-refractivity contribution in [3.05, 3.63) is 0 Å². The van der Waals surface area contributed by atoms with Gasteiger partial charge in [0.25, 0.3) is 0 Å². The zero-order valence-electron chi connectivity index (χ0n) is 10.4.